The maximum absolute atomic E-state index is 10.9. The molecular formula is C11H7NO3S. The number of hydrogen-bond donors (Lipinski definition) is 1. The van der Waals surface area contributed by atoms with E-state index >= 15 is 0 Å². The second-order valence-corrected chi connectivity index (χ2v) is 3.97. The lowest BCUT2D eigenvalue weighted by molar-refractivity contribution is 0.0702. The van der Waals surface area contributed by atoms with E-state index in [-0.39, 0.29) is 4.88 Å². The molecule has 0 saturated heterocycles. The molecule has 0 aromatic carbocycles. The van der Waals surface area contributed by atoms with Crippen LogP contribution in [0.4, 0.5) is 0 Å². The van der Waals surface area contributed by atoms with Gasteiger partial charge >= 0.3 is 5.97 Å². The zero-order valence-corrected chi connectivity index (χ0v) is 8.90. The zero-order valence-electron chi connectivity index (χ0n) is 8.08. The Kier molecular flexibility index (Phi) is 2.78. The summed E-state index contributed by atoms with van der Waals surface area (Å²) in [6, 6.07) is 4.97. The number of thiophene rings is 1. The fourth-order valence-corrected chi connectivity index (χ4v) is 2.09. The Labute approximate surface area is 95.2 Å². The first-order valence-corrected chi connectivity index (χ1v) is 5.32. The summed E-state index contributed by atoms with van der Waals surface area (Å²) in [4.78, 5) is 25.5. The lowest BCUT2D eigenvalue weighted by Gasteiger charge is -1.99. The van der Waals surface area contributed by atoms with Crippen molar-refractivity contribution in [3.63, 3.8) is 0 Å². The van der Waals surface area contributed by atoms with Gasteiger partial charge in [-0.3, -0.25) is 9.78 Å². The molecule has 4 nitrogen and oxygen atoms in total. The number of carboxylic acids is 1. The fourth-order valence-electron chi connectivity index (χ4n) is 1.34. The van der Waals surface area contributed by atoms with Gasteiger partial charge in [-0.2, -0.15) is 0 Å². The number of carbonyl (C=O) groups excluding carboxylic acids is 1. The van der Waals surface area contributed by atoms with Crippen LogP contribution in [0.3, 0.4) is 0 Å². The van der Waals surface area contributed by atoms with Crippen molar-refractivity contribution in [3.8, 4) is 11.1 Å². The number of rotatable bonds is 3. The Balaban J connectivity index is 2.46. The zero-order chi connectivity index (χ0) is 11.5. The maximum atomic E-state index is 10.9. The number of aromatic nitrogens is 1. The topological polar surface area (TPSA) is 67.3 Å². The molecule has 0 aliphatic heterocycles. The molecule has 0 bridgehead atoms. The summed E-state index contributed by atoms with van der Waals surface area (Å²) in [5.41, 5.74) is 1.66. The second-order valence-electron chi connectivity index (χ2n) is 3.06. The molecule has 0 aliphatic rings. The van der Waals surface area contributed by atoms with Gasteiger partial charge in [-0.1, -0.05) is 6.07 Å². The quantitative estimate of drug-likeness (QED) is 0.826. The average molecular weight is 233 g/mol. The van der Waals surface area contributed by atoms with Crippen molar-refractivity contribution < 1.29 is 14.7 Å². The van der Waals surface area contributed by atoms with E-state index < -0.39 is 5.97 Å². The van der Waals surface area contributed by atoms with Crippen LogP contribution in [-0.4, -0.2) is 22.3 Å². The largest absolute Gasteiger partial charge is 0.477 e. The van der Waals surface area contributed by atoms with E-state index in [0.29, 0.717) is 23.1 Å². The highest BCUT2D eigenvalue weighted by atomic mass is 32.1. The van der Waals surface area contributed by atoms with Crippen LogP contribution >= 0.6 is 11.3 Å². The molecule has 80 valence electrons. The summed E-state index contributed by atoms with van der Waals surface area (Å²) < 4.78 is 0. The SMILES string of the molecule is O=Cc1ccc(-c2ccsc2C(=O)O)cn1. The van der Waals surface area contributed by atoms with Crippen molar-refractivity contribution in [2.75, 3.05) is 0 Å². The minimum atomic E-state index is -0.954. The van der Waals surface area contributed by atoms with Gasteiger partial charge in [0.05, 0.1) is 0 Å². The number of carbonyl (C=O) groups is 2. The third kappa shape index (κ3) is 1.85. The summed E-state index contributed by atoms with van der Waals surface area (Å²) in [6.07, 6.45) is 2.15. The van der Waals surface area contributed by atoms with E-state index in [1.165, 1.54) is 17.5 Å². The van der Waals surface area contributed by atoms with Gasteiger partial charge in [0.25, 0.3) is 0 Å². The van der Waals surface area contributed by atoms with Gasteiger partial charge in [-0.05, 0) is 17.5 Å². The van der Waals surface area contributed by atoms with Crippen LogP contribution in [0, 0.1) is 0 Å². The van der Waals surface area contributed by atoms with Gasteiger partial charge in [0.1, 0.15) is 10.6 Å². The minimum absolute atomic E-state index is 0.278. The van der Waals surface area contributed by atoms with Gasteiger partial charge in [-0.25, -0.2) is 4.79 Å². The summed E-state index contributed by atoms with van der Waals surface area (Å²) in [5.74, 6) is -0.954. The number of nitrogens with zero attached hydrogens (tertiary/aromatic N) is 1. The summed E-state index contributed by atoms with van der Waals surface area (Å²) in [7, 11) is 0. The summed E-state index contributed by atoms with van der Waals surface area (Å²) in [6.45, 7) is 0. The van der Waals surface area contributed by atoms with E-state index in [0.717, 1.165) is 0 Å². The first-order valence-electron chi connectivity index (χ1n) is 4.45. The third-order valence-electron chi connectivity index (χ3n) is 2.08. The van der Waals surface area contributed by atoms with Crippen LogP contribution < -0.4 is 0 Å². The van der Waals surface area contributed by atoms with Crippen LogP contribution in [0.2, 0.25) is 0 Å². The predicted octanol–water partition coefficient (Wildman–Crippen LogP) is 2.32. The highest BCUT2D eigenvalue weighted by Gasteiger charge is 2.13. The van der Waals surface area contributed by atoms with Crippen molar-refractivity contribution in [1.82, 2.24) is 4.98 Å². The van der Waals surface area contributed by atoms with Crippen molar-refractivity contribution in [2.45, 2.75) is 0 Å². The molecule has 2 heterocycles. The fraction of sp³-hybridized carbons (Fsp3) is 0. The number of aromatic carboxylic acids is 1. The Bertz CT molecular complexity index is 530. The summed E-state index contributed by atoms with van der Waals surface area (Å²) in [5, 5.41) is 10.7. The van der Waals surface area contributed by atoms with Crippen LogP contribution in [0.5, 0.6) is 0 Å². The second kappa shape index (κ2) is 4.24. The van der Waals surface area contributed by atoms with E-state index in [1.54, 1.807) is 23.6 Å². The Morgan fingerprint density at radius 2 is 2.19 bits per heavy atom. The van der Waals surface area contributed by atoms with E-state index in [4.69, 9.17) is 5.11 Å². The Morgan fingerprint density at radius 3 is 2.75 bits per heavy atom. The monoisotopic (exact) mass is 233 g/mol. The molecule has 0 radical (unpaired) electrons. The van der Waals surface area contributed by atoms with Gasteiger partial charge in [-0.15, -0.1) is 11.3 Å². The molecule has 0 fully saturated rings. The first-order chi connectivity index (χ1) is 7.72. The number of carboxylic acid groups (broad SMARTS) is 1. The highest BCUT2D eigenvalue weighted by molar-refractivity contribution is 7.12. The molecule has 2 rings (SSSR count). The Hall–Kier alpha value is -2.01. The average Bonchev–Trinajstić information content (AvgIpc) is 2.78. The van der Waals surface area contributed by atoms with Crippen molar-refractivity contribution in [1.29, 1.82) is 0 Å². The number of aldehydes is 1. The summed E-state index contributed by atoms with van der Waals surface area (Å²) >= 11 is 1.17. The molecule has 0 unspecified atom stereocenters. The molecule has 1 N–H and O–H groups in total. The van der Waals surface area contributed by atoms with Gasteiger partial charge < -0.3 is 5.11 Å². The molecule has 0 atom stereocenters. The molecule has 0 saturated carbocycles. The number of pyridine rings is 1. The molecule has 5 heteroatoms. The lowest BCUT2D eigenvalue weighted by atomic mass is 10.1. The van der Waals surface area contributed by atoms with Crippen molar-refractivity contribution in [3.05, 3.63) is 40.3 Å². The van der Waals surface area contributed by atoms with E-state index in [1.807, 2.05) is 0 Å². The van der Waals surface area contributed by atoms with Crippen molar-refractivity contribution in [2.24, 2.45) is 0 Å². The van der Waals surface area contributed by atoms with E-state index in [2.05, 4.69) is 4.98 Å². The molecular weight excluding hydrogens is 226 g/mol. The van der Waals surface area contributed by atoms with Crippen LogP contribution in [0.1, 0.15) is 20.2 Å². The smallest absolute Gasteiger partial charge is 0.346 e. The van der Waals surface area contributed by atoms with Gasteiger partial charge in [0.2, 0.25) is 0 Å². The molecule has 0 aliphatic carbocycles. The minimum Gasteiger partial charge on any atom is -0.477 e. The lowest BCUT2D eigenvalue weighted by Crippen LogP contribution is -1.95. The molecule has 16 heavy (non-hydrogen) atoms. The van der Waals surface area contributed by atoms with Crippen LogP contribution in [0.25, 0.3) is 11.1 Å². The molecule has 0 amide bonds. The van der Waals surface area contributed by atoms with E-state index in [9.17, 15) is 9.59 Å². The van der Waals surface area contributed by atoms with Crippen molar-refractivity contribution >= 4 is 23.6 Å². The van der Waals surface area contributed by atoms with Gasteiger partial charge in [0.15, 0.2) is 6.29 Å². The normalized spacial score (nSPS) is 10.0. The first kappa shape index (κ1) is 10.5. The van der Waals surface area contributed by atoms with Crippen LogP contribution in [-0.2, 0) is 0 Å². The maximum Gasteiger partial charge on any atom is 0.346 e. The van der Waals surface area contributed by atoms with Crippen LogP contribution in [0.15, 0.2) is 29.8 Å². The standard InChI is InChI=1S/C11H7NO3S/c13-6-8-2-1-7(5-12-8)9-3-4-16-10(9)11(14)15/h1-6H,(H,14,15). The number of hydrogen-bond acceptors (Lipinski definition) is 4. The molecule has 2 aromatic heterocycles. The molecule has 2 aromatic rings. The predicted molar refractivity (Wildman–Crippen MR) is 59.9 cm³/mol. The molecule has 0 spiro atoms. The Morgan fingerprint density at radius 1 is 1.38 bits per heavy atom. The third-order valence-corrected chi connectivity index (χ3v) is 2.98. The highest BCUT2D eigenvalue weighted by Crippen LogP contribution is 2.27. The van der Waals surface area contributed by atoms with Gasteiger partial charge in [0, 0.05) is 17.3 Å².